The molecule has 5 aliphatic carbocycles. The Bertz CT molecular complexity index is 781. The standard InChI is InChI=1S/C30H50O/c1-20-21(31)9-10-22-27(20,5)12-11-23-28(22,6)16-18-30(8)24-19-25(2,3)13-14-26(24,4)15-17-29(23,30)7/h20,22-24H,9-19H2,1-8H3/t20-,22+,23-,24-,26+,27+,28-,29-,30-/m0/s1. The summed E-state index contributed by atoms with van der Waals surface area (Å²) < 4.78 is 0. The van der Waals surface area contributed by atoms with Gasteiger partial charge in [0.2, 0.25) is 0 Å². The first-order chi connectivity index (χ1) is 14.2. The van der Waals surface area contributed by atoms with Crippen LogP contribution in [-0.2, 0) is 4.79 Å². The van der Waals surface area contributed by atoms with Crippen LogP contribution >= 0.6 is 0 Å². The first kappa shape index (κ1) is 22.5. The highest BCUT2D eigenvalue weighted by molar-refractivity contribution is 5.82. The molecule has 5 rings (SSSR count). The summed E-state index contributed by atoms with van der Waals surface area (Å²) >= 11 is 0. The van der Waals surface area contributed by atoms with E-state index in [4.69, 9.17) is 0 Å². The van der Waals surface area contributed by atoms with Gasteiger partial charge in [-0.2, -0.15) is 0 Å². The molecule has 9 atom stereocenters. The van der Waals surface area contributed by atoms with Gasteiger partial charge in [-0.25, -0.2) is 0 Å². The SMILES string of the molecule is C[C@H]1C(=O)CC[C@@H]2[C@]1(C)CC[C@H]1[C@@]2(C)CC[C@@]2(C)[C@H]3CC(C)(C)CC[C@]3(C)CC[C@@]12C. The second kappa shape index (κ2) is 6.41. The second-order valence-electron chi connectivity index (χ2n) is 15.3. The molecule has 0 unspecified atom stereocenters. The number of Topliss-reactive ketones (excluding diaryl/α,β-unsaturated/α-hetero) is 1. The Kier molecular flexibility index (Phi) is 4.65. The van der Waals surface area contributed by atoms with Crippen LogP contribution in [0.5, 0.6) is 0 Å². The highest BCUT2D eigenvalue weighted by atomic mass is 16.1. The largest absolute Gasteiger partial charge is 0.299 e. The van der Waals surface area contributed by atoms with E-state index in [1.807, 2.05) is 0 Å². The summed E-state index contributed by atoms with van der Waals surface area (Å²) in [6, 6.07) is 0. The average Bonchev–Trinajstić information content (AvgIpc) is 2.69. The third-order valence-corrected chi connectivity index (χ3v) is 13.7. The van der Waals surface area contributed by atoms with Crippen LogP contribution in [-0.4, -0.2) is 5.78 Å². The molecule has 5 fully saturated rings. The van der Waals surface area contributed by atoms with Crippen molar-refractivity contribution in [2.75, 3.05) is 0 Å². The molecule has 0 heterocycles. The summed E-state index contributed by atoms with van der Waals surface area (Å²) in [5.74, 6) is 3.27. The third-order valence-electron chi connectivity index (χ3n) is 13.7. The molecular formula is C30H50O. The van der Waals surface area contributed by atoms with Crippen molar-refractivity contribution in [3.05, 3.63) is 0 Å². The fourth-order valence-corrected chi connectivity index (χ4v) is 11.2. The van der Waals surface area contributed by atoms with Gasteiger partial charge in [0, 0.05) is 12.3 Å². The van der Waals surface area contributed by atoms with E-state index in [0.717, 1.165) is 30.6 Å². The zero-order chi connectivity index (χ0) is 22.7. The van der Waals surface area contributed by atoms with Crippen molar-refractivity contribution in [1.29, 1.82) is 0 Å². The van der Waals surface area contributed by atoms with Crippen molar-refractivity contribution in [2.45, 2.75) is 126 Å². The Balaban J connectivity index is 1.55. The fourth-order valence-electron chi connectivity index (χ4n) is 11.2. The molecule has 176 valence electrons. The van der Waals surface area contributed by atoms with Crippen LogP contribution in [0.3, 0.4) is 0 Å². The first-order valence-electron chi connectivity index (χ1n) is 13.7. The lowest BCUT2D eigenvalue weighted by Gasteiger charge is -2.74. The van der Waals surface area contributed by atoms with Crippen LogP contribution in [0.2, 0.25) is 0 Å². The van der Waals surface area contributed by atoms with Crippen molar-refractivity contribution in [1.82, 2.24) is 0 Å². The van der Waals surface area contributed by atoms with E-state index in [9.17, 15) is 4.79 Å². The molecule has 0 aromatic carbocycles. The van der Waals surface area contributed by atoms with Crippen LogP contribution in [0.4, 0.5) is 0 Å². The van der Waals surface area contributed by atoms with Crippen LogP contribution in [0.25, 0.3) is 0 Å². The van der Waals surface area contributed by atoms with Gasteiger partial charge in [0.25, 0.3) is 0 Å². The van der Waals surface area contributed by atoms with Crippen molar-refractivity contribution >= 4 is 5.78 Å². The zero-order valence-corrected chi connectivity index (χ0v) is 22.0. The van der Waals surface area contributed by atoms with Crippen LogP contribution in [0.1, 0.15) is 126 Å². The monoisotopic (exact) mass is 426 g/mol. The van der Waals surface area contributed by atoms with Crippen LogP contribution < -0.4 is 0 Å². The number of ketones is 1. The van der Waals surface area contributed by atoms with Gasteiger partial charge in [-0.3, -0.25) is 4.79 Å². The first-order valence-corrected chi connectivity index (χ1v) is 13.7. The summed E-state index contributed by atoms with van der Waals surface area (Å²) in [6.07, 6.45) is 14.6. The highest BCUT2D eigenvalue weighted by Crippen LogP contribution is 2.78. The number of carbonyl (C=O) groups excluding carboxylic acids is 1. The molecule has 0 saturated heterocycles. The average molecular weight is 427 g/mol. The summed E-state index contributed by atoms with van der Waals surface area (Å²) in [4.78, 5) is 12.7. The van der Waals surface area contributed by atoms with Gasteiger partial charge in [0.05, 0.1) is 0 Å². The number of fused-ring (bicyclic) bond motifs is 7. The molecule has 0 spiro atoms. The molecule has 0 bridgehead atoms. The van der Waals surface area contributed by atoms with Gasteiger partial charge in [-0.15, -0.1) is 0 Å². The molecular weight excluding hydrogens is 376 g/mol. The van der Waals surface area contributed by atoms with Crippen molar-refractivity contribution in [3.63, 3.8) is 0 Å². The summed E-state index contributed by atoms with van der Waals surface area (Å²) in [5.41, 5.74) is 2.67. The highest BCUT2D eigenvalue weighted by Gasteiger charge is 2.70. The van der Waals surface area contributed by atoms with Gasteiger partial charge in [-0.1, -0.05) is 55.4 Å². The van der Waals surface area contributed by atoms with E-state index >= 15 is 0 Å². The molecule has 31 heavy (non-hydrogen) atoms. The zero-order valence-electron chi connectivity index (χ0n) is 22.0. The number of carbonyl (C=O) groups is 1. The molecule has 5 aliphatic rings. The maximum absolute atomic E-state index is 12.7. The molecule has 0 radical (unpaired) electrons. The maximum atomic E-state index is 12.7. The van der Waals surface area contributed by atoms with E-state index in [0.29, 0.717) is 32.9 Å². The van der Waals surface area contributed by atoms with Crippen molar-refractivity contribution in [2.24, 2.45) is 56.2 Å². The van der Waals surface area contributed by atoms with Crippen molar-refractivity contribution < 1.29 is 4.79 Å². The van der Waals surface area contributed by atoms with Gasteiger partial charge in [0.1, 0.15) is 5.78 Å². The fraction of sp³-hybridized carbons (Fsp3) is 0.967. The maximum Gasteiger partial charge on any atom is 0.136 e. The van der Waals surface area contributed by atoms with E-state index in [1.165, 1.54) is 57.8 Å². The minimum absolute atomic E-state index is 0.237. The van der Waals surface area contributed by atoms with E-state index < -0.39 is 0 Å². The molecule has 0 aliphatic heterocycles. The minimum atomic E-state index is 0.237. The van der Waals surface area contributed by atoms with Crippen molar-refractivity contribution in [3.8, 4) is 0 Å². The Labute approximate surface area is 192 Å². The third kappa shape index (κ3) is 2.70. The smallest absolute Gasteiger partial charge is 0.136 e. The number of hydrogen-bond donors (Lipinski definition) is 0. The summed E-state index contributed by atoms with van der Waals surface area (Å²) in [6.45, 7) is 20.7. The summed E-state index contributed by atoms with van der Waals surface area (Å²) in [5, 5.41) is 0. The molecule has 0 aromatic heterocycles. The number of rotatable bonds is 0. The Hall–Kier alpha value is -0.330. The Morgan fingerprint density at radius 3 is 1.97 bits per heavy atom. The molecule has 0 amide bonds. The lowest BCUT2D eigenvalue weighted by Crippen LogP contribution is -2.67. The quantitative estimate of drug-likeness (QED) is 0.379. The van der Waals surface area contributed by atoms with Gasteiger partial charge < -0.3 is 0 Å². The van der Waals surface area contributed by atoms with Gasteiger partial charge in [0.15, 0.2) is 0 Å². The van der Waals surface area contributed by atoms with Gasteiger partial charge in [-0.05, 0) is 114 Å². The predicted octanol–water partition coefficient (Wildman–Crippen LogP) is 8.46. The topological polar surface area (TPSA) is 17.1 Å². The van der Waals surface area contributed by atoms with Crippen LogP contribution in [0, 0.1) is 56.2 Å². The minimum Gasteiger partial charge on any atom is -0.299 e. The second-order valence-corrected chi connectivity index (χ2v) is 15.3. The normalized spacial score (nSPS) is 58.5. The van der Waals surface area contributed by atoms with E-state index in [-0.39, 0.29) is 11.3 Å². The summed E-state index contributed by atoms with van der Waals surface area (Å²) in [7, 11) is 0. The molecule has 1 nitrogen and oxygen atoms in total. The molecule has 0 N–H and O–H groups in total. The molecule has 5 saturated carbocycles. The molecule has 0 aromatic rings. The Morgan fingerprint density at radius 1 is 0.645 bits per heavy atom. The molecule has 1 heteroatoms. The van der Waals surface area contributed by atoms with Crippen LogP contribution in [0.15, 0.2) is 0 Å². The van der Waals surface area contributed by atoms with E-state index in [2.05, 4.69) is 55.4 Å². The number of hydrogen-bond acceptors (Lipinski definition) is 1. The lowest BCUT2D eigenvalue weighted by atomic mass is 9.30. The Morgan fingerprint density at radius 2 is 1.26 bits per heavy atom. The van der Waals surface area contributed by atoms with Gasteiger partial charge >= 0.3 is 0 Å². The predicted molar refractivity (Wildman–Crippen MR) is 130 cm³/mol. The van der Waals surface area contributed by atoms with E-state index in [1.54, 1.807) is 0 Å². The lowest BCUT2D eigenvalue weighted by molar-refractivity contribution is -0.256.